The lowest BCUT2D eigenvalue weighted by Gasteiger charge is -2.29. The molecule has 3 heterocycles. The second-order valence-corrected chi connectivity index (χ2v) is 5.47. The number of aliphatic hydroxyl groups is 1. The third kappa shape index (κ3) is 1.98. The molecule has 0 saturated carbocycles. The summed E-state index contributed by atoms with van der Waals surface area (Å²) < 4.78 is 15.3. The highest BCUT2D eigenvalue weighted by Crippen LogP contribution is 2.46. The van der Waals surface area contributed by atoms with Gasteiger partial charge in [0.25, 0.3) is 5.88 Å². The molecule has 9 heteroatoms. The van der Waals surface area contributed by atoms with Gasteiger partial charge in [0, 0.05) is 0 Å². The van der Waals surface area contributed by atoms with Crippen LogP contribution in [0.25, 0.3) is 10.9 Å². The minimum atomic E-state index is -2.38. The minimum absolute atomic E-state index is 0.000641. The molecule has 1 aromatic carbocycles. The van der Waals surface area contributed by atoms with Crippen LogP contribution in [0.5, 0.6) is 23.1 Å². The maximum absolute atomic E-state index is 12.2. The molecule has 2 aliphatic heterocycles. The summed E-state index contributed by atoms with van der Waals surface area (Å²) in [5.74, 6) is -4.40. The molecule has 0 fully saturated rings. The average Bonchev–Trinajstić information content (AvgIpc) is 2.48. The Balaban J connectivity index is 2.10. The van der Waals surface area contributed by atoms with Crippen LogP contribution >= 0.6 is 0 Å². The Hall–Kier alpha value is -3.20. The predicted molar refractivity (Wildman–Crippen MR) is 74.5 cm³/mol. The smallest absolute Gasteiger partial charge is 0.345 e. The first kappa shape index (κ1) is 14.4. The van der Waals surface area contributed by atoms with Crippen molar-refractivity contribution in [2.24, 2.45) is 0 Å². The number of carbonyl (C=O) groups is 3. The monoisotopic (exact) mass is 331 g/mol. The van der Waals surface area contributed by atoms with E-state index in [-0.39, 0.29) is 22.4 Å². The molecule has 2 bridgehead atoms. The number of rotatable bonds is 0. The highest BCUT2D eigenvalue weighted by Gasteiger charge is 2.48. The molecule has 0 spiro atoms. The molecule has 0 radical (unpaired) electrons. The van der Waals surface area contributed by atoms with E-state index in [2.05, 4.69) is 4.98 Å². The van der Waals surface area contributed by atoms with Gasteiger partial charge in [-0.2, -0.15) is 0 Å². The lowest BCUT2D eigenvalue weighted by Crippen LogP contribution is -2.49. The number of para-hydroxylation sites is 1. The molecule has 122 valence electrons. The van der Waals surface area contributed by atoms with Gasteiger partial charge in [0.05, 0.1) is 18.2 Å². The lowest BCUT2D eigenvalue weighted by molar-refractivity contribution is -0.170. The Morgan fingerprint density at radius 2 is 1.71 bits per heavy atom. The number of hydrogen-bond acceptors (Lipinski definition) is 9. The Labute approximate surface area is 133 Å². The van der Waals surface area contributed by atoms with E-state index < -0.39 is 48.0 Å². The van der Waals surface area contributed by atoms with Gasteiger partial charge in [-0.25, -0.2) is 9.78 Å². The van der Waals surface area contributed by atoms with E-state index in [1.807, 2.05) is 0 Å². The number of benzene rings is 1. The molecule has 2 N–H and O–H groups in total. The van der Waals surface area contributed by atoms with Crippen molar-refractivity contribution in [3.8, 4) is 23.1 Å². The number of aromatic nitrogens is 1. The molecule has 1 aromatic heterocycles. The van der Waals surface area contributed by atoms with Gasteiger partial charge in [-0.15, -0.1) is 0 Å². The van der Waals surface area contributed by atoms with Crippen LogP contribution in [0.1, 0.15) is 12.8 Å². The van der Waals surface area contributed by atoms with Crippen LogP contribution in [-0.2, 0) is 14.4 Å². The summed E-state index contributed by atoms with van der Waals surface area (Å²) in [6.45, 7) is 0. The number of nitrogens with zero attached hydrogens (tertiary/aromatic N) is 1. The molecule has 9 nitrogen and oxygen atoms in total. The van der Waals surface area contributed by atoms with Crippen LogP contribution < -0.4 is 14.2 Å². The summed E-state index contributed by atoms with van der Waals surface area (Å²) in [7, 11) is 0. The second kappa shape index (κ2) is 4.65. The van der Waals surface area contributed by atoms with Crippen molar-refractivity contribution < 1.29 is 38.8 Å². The van der Waals surface area contributed by atoms with Crippen LogP contribution in [0.3, 0.4) is 0 Å². The summed E-state index contributed by atoms with van der Waals surface area (Å²) >= 11 is 0. The number of ether oxygens (including phenoxy) is 3. The molecule has 0 aliphatic carbocycles. The van der Waals surface area contributed by atoms with Gasteiger partial charge in [0.2, 0.25) is 5.75 Å². The Kier molecular flexibility index (Phi) is 2.79. The summed E-state index contributed by atoms with van der Waals surface area (Å²) in [4.78, 5) is 40.2. The SMILES string of the molecule is O=C1CC2(O)CC(=O)Oc3c(c(nc4c(O)cccc34)O1)OC2=O. The number of carbonyl (C=O) groups excluding carboxylic acids is 3. The average molecular weight is 331 g/mol. The maximum Gasteiger partial charge on any atom is 0.345 e. The third-order valence-electron chi connectivity index (χ3n) is 3.75. The van der Waals surface area contributed by atoms with Crippen LogP contribution in [0.2, 0.25) is 0 Å². The lowest BCUT2D eigenvalue weighted by atomic mass is 9.95. The Morgan fingerprint density at radius 3 is 2.46 bits per heavy atom. The summed E-state index contributed by atoms with van der Waals surface area (Å²) in [6.07, 6.45) is -1.57. The van der Waals surface area contributed by atoms with Gasteiger partial charge < -0.3 is 24.4 Å². The van der Waals surface area contributed by atoms with E-state index in [9.17, 15) is 24.6 Å². The largest absolute Gasteiger partial charge is 0.506 e. The van der Waals surface area contributed by atoms with Crippen LogP contribution in [-0.4, -0.2) is 38.7 Å². The van der Waals surface area contributed by atoms with Crippen LogP contribution in [0, 0.1) is 0 Å². The van der Waals surface area contributed by atoms with E-state index in [0.29, 0.717) is 0 Å². The fourth-order valence-corrected chi connectivity index (χ4v) is 2.63. The predicted octanol–water partition coefficient (Wildman–Crippen LogP) is 0.195. The number of pyridine rings is 1. The van der Waals surface area contributed by atoms with Crippen molar-refractivity contribution in [3.63, 3.8) is 0 Å². The number of phenolic OH excluding ortho intramolecular Hbond substituents is 1. The fraction of sp³-hybridized carbons (Fsp3) is 0.200. The van der Waals surface area contributed by atoms with Crippen molar-refractivity contribution in [1.82, 2.24) is 4.98 Å². The zero-order valence-corrected chi connectivity index (χ0v) is 11.9. The van der Waals surface area contributed by atoms with E-state index in [1.54, 1.807) is 0 Å². The maximum atomic E-state index is 12.2. The zero-order chi connectivity index (χ0) is 17.1. The van der Waals surface area contributed by atoms with Gasteiger partial charge in [-0.05, 0) is 12.1 Å². The summed E-state index contributed by atoms with van der Waals surface area (Å²) in [6, 6.07) is 4.30. The van der Waals surface area contributed by atoms with E-state index >= 15 is 0 Å². The van der Waals surface area contributed by atoms with Gasteiger partial charge in [0.1, 0.15) is 11.3 Å². The van der Waals surface area contributed by atoms with Gasteiger partial charge in [0.15, 0.2) is 11.4 Å². The second-order valence-electron chi connectivity index (χ2n) is 5.47. The van der Waals surface area contributed by atoms with Crippen molar-refractivity contribution >= 4 is 28.8 Å². The normalized spacial score (nSPS) is 22.8. The Bertz CT molecular complexity index is 937. The highest BCUT2D eigenvalue weighted by atomic mass is 16.6. The molecule has 0 amide bonds. The standard InChI is InChI=1S/C15H9NO8/c17-7-3-1-2-6-10(7)16-13-12-11(6)22-8(18)4-15(21,14(20)24-12)5-9(19)23-13/h1-3,17,21H,4-5H2. The third-order valence-corrected chi connectivity index (χ3v) is 3.75. The first-order valence-electron chi connectivity index (χ1n) is 6.89. The molecule has 0 saturated heterocycles. The van der Waals surface area contributed by atoms with E-state index in [1.165, 1.54) is 18.2 Å². The quantitative estimate of drug-likeness (QED) is 0.649. The topological polar surface area (TPSA) is 132 Å². The van der Waals surface area contributed by atoms with Gasteiger partial charge in [-0.3, -0.25) is 9.59 Å². The number of hydrogen-bond donors (Lipinski definition) is 2. The van der Waals surface area contributed by atoms with Crippen LogP contribution in [0.4, 0.5) is 0 Å². The molecule has 1 atom stereocenters. The first-order valence-corrected chi connectivity index (χ1v) is 6.89. The van der Waals surface area contributed by atoms with Crippen molar-refractivity contribution in [2.45, 2.75) is 18.4 Å². The summed E-state index contributed by atoms with van der Waals surface area (Å²) in [5.41, 5.74) is -2.38. The van der Waals surface area contributed by atoms with E-state index in [0.717, 1.165) is 0 Å². The van der Waals surface area contributed by atoms with Gasteiger partial charge >= 0.3 is 17.9 Å². The molecule has 1 unspecified atom stereocenters. The molecule has 24 heavy (non-hydrogen) atoms. The number of aromatic hydroxyl groups is 1. The van der Waals surface area contributed by atoms with Crippen molar-refractivity contribution in [2.75, 3.05) is 0 Å². The highest BCUT2D eigenvalue weighted by molar-refractivity contribution is 6.00. The zero-order valence-electron chi connectivity index (χ0n) is 11.9. The minimum Gasteiger partial charge on any atom is -0.506 e. The molecule has 2 aromatic rings. The number of fused-ring (bicyclic) bond motifs is 4. The molecule has 4 rings (SSSR count). The summed E-state index contributed by atoms with van der Waals surface area (Å²) in [5, 5.41) is 20.4. The Morgan fingerprint density at radius 1 is 1.00 bits per heavy atom. The van der Waals surface area contributed by atoms with Crippen LogP contribution in [0.15, 0.2) is 18.2 Å². The number of phenols is 1. The first-order chi connectivity index (χ1) is 11.4. The molecular weight excluding hydrogens is 322 g/mol. The number of esters is 3. The molecular formula is C15H9NO8. The van der Waals surface area contributed by atoms with Gasteiger partial charge in [-0.1, -0.05) is 6.07 Å². The van der Waals surface area contributed by atoms with E-state index in [4.69, 9.17) is 14.2 Å². The molecule has 2 aliphatic rings. The van der Waals surface area contributed by atoms with Crippen molar-refractivity contribution in [1.29, 1.82) is 0 Å². The van der Waals surface area contributed by atoms with Crippen molar-refractivity contribution in [3.05, 3.63) is 18.2 Å². The fourth-order valence-electron chi connectivity index (χ4n) is 2.63.